The number of rotatable bonds is 5. The zero-order valence-electron chi connectivity index (χ0n) is 10.2. The van der Waals surface area contributed by atoms with Gasteiger partial charge in [-0.15, -0.1) is 0 Å². The van der Waals surface area contributed by atoms with Gasteiger partial charge >= 0.3 is 6.03 Å². The monoisotopic (exact) mass is 224 g/mol. The molecule has 1 aromatic rings. The molecule has 0 aliphatic rings. The molecule has 5 heteroatoms. The average Bonchev–Trinajstić information content (AvgIpc) is 2.64. The summed E-state index contributed by atoms with van der Waals surface area (Å²) in [5.41, 5.74) is 2.12. The van der Waals surface area contributed by atoms with Crippen LogP contribution in [-0.4, -0.2) is 22.4 Å². The third-order valence-electron chi connectivity index (χ3n) is 2.30. The molecule has 0 aliphatic heterocycles. The predicted octanol–water partition coefficient (Wildman–Crippen LogP) is 1.19. The highest BCUT2D eigenvalue weighted by Crippen LogP contribution is 2.06. The summed E-state index contributed by atoms with van der Waals surface area (Å²) >= 11 is 0. The van der Waals surface area contributed by atoms with Crippen molar-refractivity contribution in [3.8, 4) is 0 Å². The minimum atomic E-state index is -0.118. The summed E-state index contributed by atoms with van der Waals surface area (Å²) in [5.74, 6) is 0. The number of aromatic nitrogens is 2. The van der Waals surface area contributed by atoms with Crippen LogP contribution in [0.2, 0.25) is 0 Å². The molecule has 2 N–H and O–H groups in total. The molecular weight excluding hydrogens is 204 g/mol. The van der Waals surface area contributed by atoms with Crippen molar-refractivity contribution in [1.82, 2.24) is 20.4 Å². The molecule has 1 heterocycles. The fourth-order valence-corrected chi connectivity index (χ4v) is 1.51. The summed E-state index contributed by atoms with van der Waals surface area (Å²) in [4.78, 5) is 11.3. The molecule has 0 saturated heterocycles. The Morgan fingerprint density at radius 3 is 2.81 bits per heavy atom. The molecule has 0 unspecified atom stereocenters. The van der Waals surface area contributed by atoms with E-state index in [0.29, 0.717) is 13.1 Å². The molecule has 0 bridgehead atoms. The van der Waals surface area contributed by atoms with E-state index < -0.39 is 0 Å². The first-order valence-electron chi connectivity index (χ1n) is 5.70. The van der Waals surface area contributed by atoms with E-state index in [4.69, 9.17) is 0 Å². The molecule has 0 saturated carbocycles. The van der Waals surface area contributed by atoms with E-state index in [-0.39, 0.29) is 6.03 Å². The van der Waals surface area contributed by atoms with E-state index in [9.17, 15) is 4.79 Å². The first-order chi connectivity index (χ1) is 7.67. The number of nitrogens with one attached hydrogen (secondary N) is 2. The predicted molar refractivity (Wildman–Crippen MR) is 63.1 cm³/mol. The fraction of sp³-hybridized carbons (Fsp3) is 0.636. The highest BCUT2D eigenvalue weighted by Gasteiger charge is 2.06. The van der Waals surface area contributed by atoms with Gasteiger partial charge in [0.1, 0.15) is 0 Å². The van der Waals surface area contributed by atoms with Crippen molar-refractivity contribution in [2.75, 3.05) is 6.54 Å². The average molecular weight is 224 g/mol. The SMILES string of the molecule is CCCNC(=O)NCc1cn(C)nc1CC. The van der Waals surface area contributed by atoms with Crippen molar-refractivity contribution in [2.45, 2.75) is 33.2 Å². The second-order valence-electron chi connectivity index (χ2n) is 3.74. The molecule has 0 spiro atoms. The minimum absolute atomic E-state index is 0.118. The number of hydrogen-bond acceptors (Lipinski definition) is 2. The fourth-order valence-electron chi connectivity index (χ4n) is 1.51. The normalized spacial score (nSPS) is 10.2. The maximum Gasteiger partial charge on any atom is 0.315 e. The Hall–Kier alpha value is -1.52. The minimum Gasteiger partial charge on any atom is -0.338 e. The largest absolute Gasteiger partial charge is 0.338 e. The lowest BCUT2D eigenvalue weighted by Gasteiger charge is -2.05. The van der Waals surface area contributed by atoms with Gasteiger partial charge in [-0.25, -0.2) is 4.79 Å². The van der Waals surface area contributed by atoms with E-state index in [1.165, 1.54) is 0 Å². The van der Waals surface area contributed by atoms with Crippen LogP contribution >= 0.6 is 0 Å². The van der Waals surface area contributed by atoms with E-state index in [0.717, 1.165) is 24.1 Å². The third-order valence-corrected chi connectivity index (χ3v) is 2.30. The van der Waals surface area contributed by atoms with Gasteiger partial charge in [0.25, 0.3) is 0 Å². The molecule has 16 heavy (non-hydrogen) atoms. The van der Waals surface area contributed by atoms with E-state index in [1.807, 2.05) is 20.2 Å². The van der Waals surface area contributed by atoms with Crippen molar-refractivity contribution < 1.29 is 4.79 Å². The van der Waals surface area contributed by atoms with Gasteiger partial charge in [-0.2, -0.15) is 5.10 Å². The number of carbonyl (C=O) groups is 1. The molecule has 2 amide bonds. The maximum atomic E-state index is 11.3. The van der Waals surface area contributed by atoms with E-state index in [1.54, 1.807) is 4.68 Å². The Morgan fingerprint density at radius 2 is 2.19 bits per heavy atom. The smallest absolute Gasteiger partial charge is 0.315 e. The summed E-state index contributed by atoms with van der Waals surface area (Å²) in [6, 6.07) is -0.118. The highest BCUT2D eigenvalue weighted by atomic mass is 16.2. The van der Waals surface area contributed by atoms with Crippen LogP contribution in [0.25, 0.3) is 0 Å². The van der Waals surface area contributed by atoms with Crippen LogP contribution in [0.1, 0.15) is 31.5 Å². The van der Waals surface area contributed by atoms with E-state index >= 15 is 0 Å². The molecule has 0 atom stereocenters. The Kier molecular flexibility index (Phi) is 4.82. The Balaban J connectivity index is 2.44. The quantitative estimate of drug-likeness (QED) is 0.789. The molecular formula is C11H20N4O. The Labute approximate surface area is 96.2 Å². The van der Waals surface area contributed by atoms with Crippen molar-refractivity contribution in [1.29, 1.82) is 0 Å². The maximum absolute atomic E-state index is 11.3. The zero-order chi connectivity index (χ0) is 12.0. The van der Waals surface area contributed by atoms with Gasteiger partial charge in [0.2, 0.25) is 0 Å². The topological polar surface area (TPSA) is 59.0 Å². The van der Waals surface area contributed by atoms with Crippen LogP contribution in [0.3, 0.4) is 0 Å². The van der Waals surface area contributed by atoms with Crippen LogP contribution in [-0.2, 0) is 20.0 Å². The molecule has 0 aromatic carbocycles. The van der Waals surface area contributed by atoms with Gasteiger partial charge in [0, 0.05) is 31.9 Å². The number of nitrogens with zero attached hydrogens (tertiary/aromatic N) is 2. The molecule has 5 nitrogen and oxygen atoms in total. The second-order valence-corrected chi connectivity index (χ2v) is 3.74. The van der Waals surface area contributed by atoms with Gasteiger partial charge in [-0.05, 0) is 12.8 Å². The van der Waals surface area contributed by atoms with E-state index in [2.05, 4.69) is 22.7 Å². The molecule has 1 aromatic heterocycles. The lowest BCUT2D eigenvalue weighted by atomic mass is 10.2. The number of carbonyl (C=O) groups excluding carboxylic acids is 1. The van der Waals surface area contributed by atoms with Crippen LogP contribution in [0.5, 0.6) is 0 Å². The number of amides is 2. The zero-order valence-corrected chi connectivity index (χ0v) is 10.2. The highest BCUT2D eigenvalue weighted by molar-refractivity contribution is 5.73. The molecule has 0 fully saturated rings. The molecule has 0 aliphatic carbocycles. The van der Waals surface area contributed by atoms with Crippen LogP contribution in [0.15, 0.2) is 6.20 Å². The number of hydrogen-bond donors (Lipinski definition) is 2. The van der Waals surface area contributed by atoms with Gasteiger partial charge in [0.15, 0.2) is 0 Å². The van der Waals surface area contributed by atoms with Gasteiger partial charge in [-0.1, -0.05) is 13.8 Å². The van der Waals surface area contributed by atoms with Gasteiger partial charge < -0.3 is 10.6 Å². The summed E-state index contributed by atoms with van der Waals surface area (Å²) < 4.78 is 1.78. The summed E-state index contributed by atoms with van der Waals surface area (Å²) in [6.07, 6.45) is 3.77. The lowest BCUT2D eigenvalue weighted by molar-refractivity contribution is 0.240. The Bertz CT molecular complexity index is 346. The molecule has 90 valence electrons. The Morgan fingerprint density at radius 1 is 1.44 bits per heavy atom. The first-order valence-corrected chi connectivity index (χ1v) is 5.70. The first kappa shape index (κ1) is 12.5. The van der Waals surface area contributed by atoms with Gasteiger partial charge in [-0.3, -0.25) is 4.68 Å². The second kappa shape index (κ2) is 6.15. The molecule has 1 rings (SSSR count). The third kappa shape index (κ3) is 3.56. The lowest BCUT2D eigenvalue weighted by Crippen LogP contribution is -2.35. The van der Waals surface area contributed by atoms with Crippen LogP contribution < -0.4 is 10.6 Å². The summed E-state index contributed by atoms with van der Waals surface area (Å²) in [5, 5.41) is 9.90. The molecule has 0 radical (unpaired) electrons. The van der Waals surface area contributed by atoms with Gasteiger partial charge in [0.05, 0.1) is 5.69 Å². The van der Waals surface area contributed by atoms with Crippen molar-refractivity contribution >= 4 is 6.03 Å². The summed E-state index contributed by atoms with van der Waals surface area (Å²) in [6.45, 7) is 5.33. The summed E-state index contributed by atoms with van der Waals surface area (Å²) in [7, 11) is 1.89. The van der Waals surface area contributed by atoms with Crippen LogP contribution in [0, 0.1) is 0 Å². The van der Waals surface area contributed by atoms with Crippen molar-refractivity contribution in [2.24, 2.45) is 7.05 Å². The number of aryl methyl sites for hydroxylation is 2. The van der Waals surface area contributed by atoms with Crippen molar-refractivity contribution in [3.05, 3.63) is 17.5 Å². The van der Waals surface area contributed by atoms with Crippen LogP contribution in [0.4, 0.5) is 4.79 Å². The number of urea groups is 1. The standard InChI is InChI=1S/C11H20N4O/c1-4-6-12-11(16)13-7-9-8-15(3)14-10(9)5-2/h8H,4-7H2,1-3H3,(H2,12,13,16). The van der Waals surface area contributed by atoms with Crippen molar-refractivity contribution in [3.63, 3.8) is 0 Å².